The molecule has 1 N–H and O–H groups in total. The maximum atomic E-state index is 13.7. The van der Waals surface area contributed by atoms with Gasteiger partial charge in [-0.15, -0.1) is 10.2 Å². The summed E-state index contributed by atoms with van der Waals surface area (Å²) >= 11 is 7.22. The number of aromatic nitrogens is 2. The number of carbonyl (C=O) groups excluding carboxylic acids is 1. The Morgan fingerprint density at radius 1 is 1.12 bits per heavy atom. The molecular weight excluding hydrogens is 349 g/mol. The first-order valence-corrected chi connectivity index (χ1v) is 8.40. The number of anilines is 1. The van der Waals surface area contributed by atoms with E-state index in [0.717, 1.165) is 10.6 Å². The van der Waals surface area contributed by atoms with Gasteiger partial charge in [-0.2, -0.15) is 0 Å². The number of halogens is 2. The van der Waals surface area contributed by atoms with Crippen molar-refractivity contribution < 1.29 is 9.18 Å². The van der Waals surface area contributed by atoms with Gasteiger partial charge in [-0.05, 0) is 17.7 Å². The van der Waals surface area contributed by atoms with Gasteiger partial charge in [0.1, 0.15) is 10.8 Å². The fourth-order valence-electron chi connectivity index (χ4n) is 2.17. The van der Waals surface area contributed by atoms with Crippen molar-refractivity contribution in [2.24, 2.45) is 0 Å². The molecule has 0 aliphatic heterocycles. The average molecular weight is 362 g/mol. The van der Waals surface area contributed by atoms with Crippen LogP contribution in [0.25, 0.3) is 0 Å². The normalized spacial score (nSPS) is 10.6. The number of carbonyl (C=O) groups is 1. The van der Waals surface area contributed by atoms with E-state index in [1.165, 1.54) is 23.5 Å². The van der Waals surface area contributed by atoms with Crippen LogP contribution >= 0.6 is 22.9 Å². The number of hydrogen-bond acceptors (Lipinski definition) is 4. The van der Waals surface area contributed by atoms with Crippen molar-refractivity contribution >= 4 is 34.0 Å². The number of benzene rings is 2. The van der Waals surface area contributed by atoms with Crippen LogP contribution in [0.4, 0.5) is 9.52 Å². The molecule has 3 aromatic rings. The zero-order valence-corrected chi connectivity index (χ0v) is 14.1. The van der Waals surface area contributed by atoms with Gasteiger partial charge in [-0.1, -0.05) is 59.3 Å². The zero-order valence-electron chi connectivity index (χ0n) is 12.5. The molecule has 0 saturated carbocycles. The third kappa shape index (κ3) is 4.15. The van der Waals surface area contributed by atoms with Crippen molar-refractivity contribution in [2.75, 3.05) is 5.32 Å². The van der Waals surface area contributed by atoms with E-state index in [9.17, 15) is 9.18 Å². The van der Waals surface area contributed by atoms with Crippen LogP contribution in [0.2, 0.25) is 5.02 Å². The summed E-state index contributed by atoms with van der Waals surface area (Å²) in [5.74, 6) is -0.885. The lowest BCUT2D eigenvalue weighted by Gasteiger charge is -2.05. The summed E-state index contributed by atoms with van der Waals surface area (Å²) < 4.78 is 13.7. The van der Waals surface area contributed by atoms with Gasteiger partial charge in [-0.3, -0.25) is 4.79 Å². The molecule has 1 heterocycles. The molecule has 4 nitrogen and oxygen atoms in total. The van der Waals surface area contributed by atoms with Crippen LogP contribution in [0.1, 0.15) is 16.1 Å². The Bertz CT molecular complexity index is 834. The number of nitrogens with one attached hydrogen (secondary N) is 1. The van der Waals surface area contributed by atoms with E-state index in [2.05, 4.69) is 15.5 Å². The highest BCUT2D eigenvalue weighted by molar-refractivity contribution is 7.15. The van der Waals surface area contributed by atoms with Gasteiger partial charge in [0.15, 0.2) is 0 Å². The van der Waals surface area contributed by atoms with Crippen molar-refractivity contribution in [3.8, 4) is 0 Å². The van der Waals surface area contributed by atoms with Crippen LogP contribution in [-0.4, -0.2) is 16.1 Å². The van der Waals surface area contributed by atoms with E-state index in [0.29, 0.717) is 11.6 Å². The fraction of sp³-hybridized carbons (Fsp3) is 0.118. The van der Waals surface area contributed by atoms with E-state index in [1.54, 1.807) is 6.07 Å². The molecule has 0 atom stereocenters. The molecule has 0 aliphatic carbocycles. The molecule has 0 fully saturated rings. The van der Waals surface area contributed by atoms with Crippen LogP contribution in [0.5, 0.6) is 0 Å². The SMILES string of the molecule is O=C(Cc1c(F)cccc1Cl)Nc1nnc(Cc2ccccc2)s1. The zero-order chi connectivity index (χ0) is 16.9. The Hall–Kier alpha value is -2.31. The van der Waals surface area contributed by atoms with Crippen LogP contribution in [0.15, 0.2) is 48.5 Å². The van der Waals surface area contributed by atoms with Gasteiger partial charge in [0, 0.05) is 17.0 Å². The standard InChI is InChI=1S/C17H13ClFN3OS/c18-13-7-4-8-14(19)12(13)10-15(23)20-17-22-21-16(24-17)9-11-5-2-1-3-6-11/h1-8H,9-10H2,(H,20,22,23). The van der Waals surface area contributed by atoms with E-state index < -0.39 is 5.82 Å². The van der Waals surface area contributed by atoms with Crippen LogP contribution in [0, 0.1) is 5.82 Å². The minimum Gasteiger partial charge on any atom is -0.300 e. The Balaban J connectivity index is 1.63. The fourth-order valence-corrected chi connectivity index (χ4v) is 3.19. The molecule has 122 valence electrons. The van der Waals surface area contributed by atoms with Crippen molar-refractivity contribution in [1.82, 2.24) is 10.2 Å². The van der Waals surface area contributed by atoms with Gasteiger partial charge in [0.25, 0.3) is 0 Å². The monoisotopic (exact) mass is 361 g/mol. The Kier molecular flexibility index (Phi) is 5.17. The van der Waals surface area contributed by atoms with E-state index >= 15 is 0 Å². The maximum absolute atomic E-state index is 13.7. The maximum Gasteiger partial charge on any atom is 0.230 e. The molecule has 24 heavy (non-hydrogen) atoms. The van der Waals surface area contributed by atoms with Gasteiger partial charge >= 0.3 is 0 Å². The highest BCUT2D eigenvalue weighted by Crippen LogP contribution is 2.21. The molecule has 1 aromatic heterocycles. The highest BCUT2D eigenvalue weighted by atomic mass is 35.5. The lowest BCUT2D eigenvalue weighted by atomic mass is 10.1. The molecule has 3 rings (SSSR count). The number of nitrogens with zero attached hydrogens (tertiary/aromatic N) is 2. The number of hydrogen-bond donors (Lipinski definition) is 1. The second-order valence-corrected chi connectivity index (χ2v) is 6.56. The quantitative estimate of drug-likeness (QED) is 0.744. The van der Waals surface area contributed by atoms with Gasteiger partial charge < -0.3 is 5.32 Å². The first-order valence-electron chi connectivity index (χ1n) is 7.21. The topological polar surface area (TPSA) is 54.9 Å². The smallest absolute Gasteiger partial charge is 0.230 e. The predicted octanol–water partition coefficient (Wildman–Crippen LogP) is 4.10. The summed E-state index contributed by atoms with van der Waals surface area (Å²) in [5, 5.41) is 12.0. The summed E-state index contributed by atoms with van der Waals surface area (Å²) in [7, 11) is 0. The Labute approximate surface area is 147 Å². The minimum atomic E-state index is -0.500. The second kappa shape index (κ2) is 7.51. The van der Waals surface area contributed by atoms with E-state index in [-0.39, 0.29) is 22.9 Å². The summed E-state index contributed by atoms with van der Waals surface area (Å²) in [6.07, 6.45) is 0.493. The third-order valence-electron chi connectivity index (χ3n) is 3.31. The molecule has 1 amide bonds. The summed E-state index contributed by atoms with van der Waals surface area (Å²) in [6.45, 7) is 0. The lowest BCUT2D eigenvalue weighted by Crippen LogP contribution is -2.15. The molecule has 0 aliphatic rings. The van der Waals surface area contributed by atoms with Gasteiger partial charge in [0.2, 0.25) is 11.0 Å². The Morgan fingerprint density at radius 2 is 1.92 bits per heavy atom. The third-order valence-corrected chi connectivity index (χ3v) is 4.50. The van der Waals surface area contributed by atoms with Gasteiger partial charge in [0.05, 0.1) is 6.42 Å². The molecule has 0 radical (unpaired) electrons. The molecule has 0 unspecified atom stereocenters. The average Bonchev–Trinajstić information content (AvgIpc) is 2.99. The highest BCUT2D eigenvalue weighted by Gasteiger charge is 2.14. The van der Waals surface area contributed by atoms with Gasteiger partial charge in [-0.25, -0.2) is 4.39 Å². The first kappa shape index (κ1) is 16.5. The predicted molar refractivity (Wildman–Crippen MR) is 92.9 cm³/mol. The number of rotatable bonds is 5. The van der Waals surface area contributed by atoms with Crippen molar-refractivity contribution in [3.05, 3.63) is 75.5 Å². The molecular formula is C17H13ClFN3OS. The molecule has 0 spiro atoms. The number of amides is 1. The molecule has 7 heteroatoms. The van der Waals surface area contributed by atoms with E-state index in [1.807, 2.05) is 30.3 Å². The van der Waals surface area contributed by atoms with E-state index in [4.69, 9.17) is 11.6 Å². The summed E-state index contributed by atoms with van der Waals surface area (Å²) in [6, 6.07) is 14.2. The van der Waals surface area contributed by atoms with Crippen molar-refractivity contribution in [2.45, 2.75) is 12.8 Å². The Morgan fingerprint density at radius 3 is 2.67 bits per heavy atom. The summed E-state index contributed by atoms with van der Waals surface area (Å²) in [5.41, 5.74) is 1.29. The van der Waals surface area contributed by atoms with Crippen LogP contribution in [0.3, 0.4) is 0 Å². The van der Waals surface area contributed by atoms with Crippen LogP contribution in [-0.2, 0) is 17.6 Å². The van der Waals surface area contributed by atoms with Crippen molar-refractivity contribution in [3.63, 3.8) is 0 Å². The first-order chi connectivity index (χ1) is 11.6. The van der Waals surface area contributed by atoms with Crippen LogP contribution < -0.4 is 5.32 Å². The second-order valence-electron chi connectivity index (χ2n) is 5.09. The molecule has 0 bridgehead atoms. The lowest BCUT2D eigenvalue weighted by molar-refractivity contribution is -0.115. The minimum absolute atomic E-state index is 0.154. The van der Waals surface area contributed by atoms with Crippen molar-refractivity contribution in [1.29, 1.82) is 0 Å². The molecule has 0 saturated heterocycles. The largest absolute Gasteiger partial charge is 0.300 e. The molecule has 2 aromatic carbocycles. The summed E-state index contributed by atoms with van der Waals surface area (Å²) in [4.78, 5) is 12.1.